The monoisotopic (exact) mass is 348 g/mol. The van der Waals surface area contributed by atoms with Crippen LogP contribution in [-0.2, 0) is 4.79 Å². The first-order valence-corrected chi connectivity index (χ1v) is 8.89. The van der Waals surface area contributed by atoms with Crippen LogP contribution in [0.4, 0.5) is 0 Å². The second-order valence-corrected chi connectivity index (χ2v) is 6.82. The highest BCUT2D eigenvalue weighted by atomic mass is 16.2. The van der Waals surface area contributed by atoms with Crippen molar-refractivity contribution in [2.24, 2.45) is 5.92 Å². The molecule has 0 atom stereocenters. The number of carbonyl (C=O) groups excluding carboxylic acids is 3. The molecule has 1 fully saturated rings. The van der Waals surface area contributed by atoms with E-state index in [1.165, 1.54) is 0 Å². The number of rotatable bonds is 2. The van der Waals surface area contributed by atoms with Gasteiger partial charge in [-0.1, -0.05) is 30.3 Å². The molecule has 0 saturated carbocycles. The lowest BCUT2D eigenvalue weighted by molar-refractivity contribution is -0.125. The van der Waals surface area contributed by atoms with Gasteiger partial charge in [-0.25, -0.2) is 0 Å². The Morgan fingerprint density at radius 1 is 0.962 bits per heavy atom. The van der Waals surface area contributed by atoms with Gasteiger partial charge in [-0.05, 0) is 36.1 Å². The number of nitrogens with one attached hydrogen (secondary N) is 1. The topological polar surface area (TPSA) is 66.5 Å². The number of likely N-dealkylation sites (tertiary alicyclic amines) is 1. The predicted molar refractivity (Wildman–Crippen MR) is 98.0 cm³/mol. The van der Waals surface area contributed by atoms with E-state index in [2.05, 4.69) is 5.32 Å². The minimum absolute atomic E-state index is 0.0245. The molecule has 0 radical (unpaired) electrons. The fourth-order valence-corrected chi connectivity index (χ4v) is 3.89. The second-order valence-electron chi connectivity index (χ2n) is 6.82. The molecule has 4 rings (SSSR count). The Bertz CT molecular complexity index is 911. The molecule has 5 heteroatoms. The molecular weight excluding hydrogens is 328 g/mol. The number of amides is 2. The van der Waals surface area contributed by atoms with Crippen LogP contribution in [0.15, 0.2) is 42.5 Å². The number of hydrogen-bond acceptors (Lipinski definition) is 3. The quantitative estimate of drug-likeness (QED) is 0.774. The summed E-state index contributed by atoms with van der Waals surface area (Å²) >= 11 is 0. The zero-order chi connectivity index (χ0) is 18.3. The number of fused-ring (bicyclic) bond motifs is 3. The molecule has 2 aliphatic rings. The Labute approximate surface area is 152 Å². The van der Waals surface area contributed by atoms with E-state index in [9.17, 15) is 14.4 Å². The van der Waals surface area contributed by atoms with Crippen molar-refractivity contribution in [3.63, 3.8) is 0 Å². The van der Waals surface area contributed by atoms with Crippen LogP contribution in [0.3, 0.4) is 0 Å². The minimum atomic E-state index is -0.0769. The normalized spacial score (nSPS) is 16.2. The number of ketones is 1. The van der Waals surface area contributed by atoms with Crippen molar-refractivity contribution >= 4 is 17.6 Å². The molecule has 1 saturated heterocycles. The van der Waals surface area contributed by atoms with Crippen molar-refractivity contribution in [2.45, 2.75) is 12.8 Å². The maximum atomic E-state index is 12.8. The molecule has 1 heterocycles. The van der Waals surface area contributed by atoms with Crippen molar-refractivity contribution < 1.29 is 14.4 Å². The summed E-state index contributed by atoms with van der Waals surface area (Å²) in [5.41, 5.74) is 3.64. The Balaban J connectivity index is 1.54. The van der Waals surface area contributed by atoms with E-state index in [-0.39, 0.29) is 23.5 Å². The lowest BCUT2D eigenvalue weighted by Crippen LogP contribution is -2.42. The average molecular weight is 348 g/mol. The SMILES string of the molecule is CNC(=O)C1CCN(C(=O)c2ccc3c(c2)C(=O)c2ccccc2-3)CC1. The van der Waals surface area contributed by atoms with E-state index < -0.39 is 0 Å². The van der Waals surface area contributed by atoms with Crippen LogP contribution >= 0.6 is 0 Å². The fourth-order valence-electron chi connectivity index (χ4n) is 3.89. The van der Waals surface area contributed by atoms with Gasteiger partial charge in [0.2, 0.25) is 5.91 Å². The summed E-state index contributed by atoms with van der Waals surface area (Å²) in [4.78, 5) is 39.0. The number of nitrogens with zero attached hydrogens (tertiary/aromatic N) is 1. The Kier molecular flexibility index (Phi) is 4.07. The van der Waals surface area contributed by atoms with Crippen LogP contribution in [0, 0.1) is 5.92 Å². The summed E-state index contributed by atoms with van der Waals surface area (Å²) in [5, 5.41) is 2.67. The molecule has 1 aliphatic heterocycles. The summed E-state index contributed by atoms with van der Waals surface area (Å²) in [6, 6.07) is 12.9. The molecule has 0 spiro atoms. The van der Waals surface area contributed by atoms with E-state index in [4.69, 9.17) is 0 Å². The van der Waals surface area contributed by atoms with Gasteiger partial charge in [-0.3, -0.25) is 14.4 Å². The van der Waals surface area contributed by atoms with E-state index >= 15 is 0 Å². The van der Waals surface area contributed by atoms with Gasteiger partial charge < -0.3 is 10.2 Å². The van der Waals surface area contributed by atoms with Gasteiger partial charge in [-0.2, -0.15) is 0 Å². The van der Waals surface area contributed by atoms with Gasteiger partial charge in [0.15, 0.2) is 5.78 Å². The third-order valence-corrected chi connectivity index (χ3v) is 5.37. The van der Waals surface area contributed by atoms with Crippen LogP contribution in [0.2, 0.25) is 0 Å². The molecule has 2 aromatic carbocycles. The molecular formula is C21H20N2O3. The fraction of sp³-hybridized carbons (Fsp3) is 0.286. The third-order valence-electron chi connectivity index (χ3n) is 5.37. The summed E-state index contributed by atoms with van der Waals surface area (Å²) in [6.45, 7) is 1.12. The summed E-state index contributed by atoms with van der Waals surface area (Å²) in [6.07, 6.45) is 1.33. The van der Waals surface area contributed by atoms with Gasteiger partial charge >= 0.3 is 0 Å². The number of hydrogen-bond donors (Lipinski definition) is 1. The van der Waals surface area contributed by atoms with Crippen molar-refractivity contribution in [1.82, 2.24) is 10.2 Å². The Hall–Kier alpha value is -2.95. The molecule has 2 aromatic rings. The first kappa shape index (κ1) is 16.5. The van der Waals surface area contributed by atoms with Crippen LogP contribution in [0.1, 0.15) is 39.1 Å². The van der Waals surface area contributed by atoms with Gasteiger partial charge in [0, 0.05) is 42.7 Å². The van der Waals surface area contributed by atoms with E-state index in [1.807, 2.05) is 30.3 Å². The molecule has 0 aromatic heterocycles. The van der Waals surface area contributed by atoms with E-state index in [0.717, 1.165) is 11.1 Å². The molecule has 1 aliphatic carbocycles. The highest BCUT2D eigenvalue weighted by Gasteiger charge is 2.30. The minimum Gasteiger partial charge on any atom is -0.359 e. The molecule has 0 bridgehead atoms. The summed E-state index contributed by atoms with van der Waals surface area (Å²) in [7, 11) is 1.64. The van der Waals surface area contributed by atoms with Crippen molar-refractivity contribution in [3.05, 3.63) is 59.2 Å². The van der Waals surface area contributed by atoms with Gasteiger partial charge in [0.1, 0.15) is 0 Å². The number of benzene rings is 2. The van der Waals surface area contributed by atoms with Crippen LogP contribution < -0.4 is 5.32 Å². The number of carbonyl (C=O) groups is 3. The molecule has 1 N–H and O–H groups in total. The first-order valence-electron chi connectivity index (χ1n) is 8.89. The second kappa shape index (κ2) is 6.41. The predicted octanol–water partition coefficient (Wildman–Crippen LogP) is 2.50. The van der Waals surface area contributed by atoms with Gasteiger partial charge in [-0.15, -0.1) is 0 Å². The van der Waals surface area contributed by atoms with Crippen LogP contribution in [0.25, 0.3) is 11.1 Å². The summed E-state index contributed by atoms with van der Waals surface area (Å²) in [5.74, 6) is -0.0892. The molecule has 132 valence electrons. The average Bonchev–Trinajstić information content (AvgIpc) is 2.99. The smallest absolute Gasteiger partial charge is 0.253 e. The number of piperidine rings is 1. The molecule has 2 amide bonds. The zero-order valence-electron chi connectivity index (χ0n) is 14.6. The standard InChI is InChI=1S/C21H20N2O3/c1-22-20(25)13-8-10-23(11-9-13)21(26)14-6-7-16-15-4-2-3-5-17(15)19(24)18(16)12-14/h2-7,12-13H,8-11H2,1H3,(H,22,25). The molecule has 5 nitrogen and oxygen atoms in total. The first-order chi connectivity index (χ1) is 12.6. The van der Waals surface area contributed by atoms with Crippen molar-refractivity contribution in [1.29, 1.82) is 0 Å². The summed E-state index contributed by atoms with van der Waals surface area (Å²) < 4.78 is 0. The molecule has 26 heavy (non-hydrogen) atoms. The maximum Gasteiger partial charge on any atom is 0.253 e. The molecule has 0 unspecified atom stereocenters. The van der Waals surface area contributed by atoms with E-state index in [1.54, 1.807) is 24.1 Å². The third kappa shape index (κ3) is 2.60. The largest absolute Gasteiger partial charge is 0.359 e. The Morgan fingerprint density at radius 2 is 1.62 bits per heavy atom. The van der Waals surface area contributed by atoms with Crippen LogP contribution in [-0.4, -0.2) is 42.6 Å². The van der Waals surface area contributed by atoms with Crippen molar-refractivity contribution in [3.8, 4) is 11.1 Å². The highest BCUT2D eigenvalue weighted by molar-refractivity contribution is 6.22. The van der Waals surface area contributed by atoms with Crippen LogP contribution in [0.5, 0.6) is 0 Å². The lowest BCUT2D eigenvalue weighted by atomic mass is 9.95. The zero-order valence-corrected chi connectivity index (χ0v) is 14.6. The lowest BCUT2D eigenvalue weighted by Gasteiger charge is -2.31. The van der Waals surface area contributed by atoms with Gasteiger partial charge in [0.25, 0.3) is 5.91 Å². The van der Waals surface area contributed by atoms with Gasteiger partial charge in [0.05, 0.1) is 0 Å². The highest BCUT2D eigenvalue weighted by Crippen LogP contribution is 2.37. The van der Waals surface area contributed by atoms with Crippen molar-refractivity contribution in [2.75, 3.05) is 20.1 Å². The maximum absolute atomic E-state index is 12.8. The Morgan fingerprint density at radius 3 is 2.31 bits per heavy atom. The van der Waals surface area contributed by atoms with E-state index in [0.29, 0.717) is 42.6 Å².